The molecule has 1 fully saturated rings. The van der Waals surface area contributed by atoms with Crippen LogP contribution in [0.4, 0.5) is 0 Å². The molecule has 7 heteroatoms. The second-order valence-corrected chi connectivity index (χ2v) is 6.15. The number of hydrogen-bond donors (Lipinski definition) is 0. The van der Waals surface area contributed by atoms with Crippen LogP contribution >= 0.6 is 0 Å². The molecule has 0 aromatic carbocycles. The number of imidazole rings is 1. The Kier molecular flexibility index (Phi) is 4.22. The van der Waals surface area contributed by atoms with Crippen LogP contribution in [-0.4, -0.2) is 48.2 Å². The molecule has 0 aliphatic carbocycles. The smallest absolute Gasteiger partial charge is 0.247 e. The van der Waals surface area contributed by atoms with Crippen molar-refractivity contribution in [1.82, 2.24) is 29.2 Å². The first-order valence-electron chi connectivity index (χ1n) is 7.77. The Balaban J connectivity index is 1.75. The van der Waals surface area contributed by atoms with Crippen molar-refractivity contribution in [2.24, 2.45) is 5.92 Å². The molecule has 1 aliphatic heterocycles. The van der Waals surface area contributed by atoms with E-state index in [1.54, 1.807) is 17.2 Å². The summed E-state index contributed by atoms with van der Waals surface area (Å²) in [6.45, 7) is 5.62. The molecule has 22 heavy (non-hydrogen) atoms. The Hall–Kier alpha value is -2.18. The van der Waals surface area contributed by atoms with Crippen molar-refractivity contribution in [2.75, 3.05) is 13.1 Å². The van der Waals surface area contributed by atoms with Crippen LogP contribution in [0.15, 0.2) is 31.4 Å². The predicted octanol–water partition coefficient (Wildman–Crippen LogP) is 1.54. The Bertz CT molecular complexity index is 592. The molecule has 1 saturated heterocycles. The zero-order chi connectivity index (χ0) is 15.5. The fourth-order valence-corrected chi connectivity index (χ4v) is 3.14. The van der Waals surface area contributed by atoms with Gasteiger partial charge in [0, 0.05) is 25.5 Å². The van der Waals surface area contributed by atoms with Crippen molar-refractivity contribution >= 4 is 5.91 Å². The van der Waals surface area contributed by atoms with E-state index in [2.05, 4.69) is 19.6 Å². The lowest BCUT2D eigenvalue weighted by atomic mass is 10.00. The van der Waals surface area contributed by atoms with Crippen molar-refractivity contribution in [3.05, 3.63) is 31.4 Å². The van der Waals surface area contributed by atoms with E-state index >= 15 is 0 Å². The fraction of sp³-hybridized carbons (Fsp3) is 0.600. The summed E-state index contributed by atoms with van der Waals surface area (Å²) >= 11 is 0. The Morgan fingerprint density at radius 3 is 2.77 bits per heavy atom. The molecule has 7 nitrogen and oxygen atoms in total. The summed E-state index contributed by atoms with van der Waals surface area (Å²) in [5.41, 5.74) is 0. The minimum absolute atomic E-state index is 0.130. The molecule has 1 aliphatic rings. The molecule has 1 amide bonds. The second-order valence-electron chi connectivity index (χ2n) is 6.15. The van der Waals surface area contributed by atoms with Crippen LogP contribution in [0.3, 0.4) is 0 Å². The summed E-state index contributed by atoms with van der Waals surface area (Å²) in [6, 6.07) is 0.0211. The number of hydrogen-bond acceptors (Lipinski definition) is 4. The van der Waals surface area contributed by atoms with Crippen LogP contribution in [0, 0.1) is 5.92 Å². The summed E-state index contributed by atoms with van der Waals surface area (Å²) in [4.78, 5) is 23.0. The minimum Gasteiger partial charge on any atom is -0.339 e. The summed E-state index contributed by atoms with van der Waals surface area (Å²) in [5.74, 6) is 0.299. The van der Waals surface area contributed by atoms with Crippen LogP contribution in [0.1, 0.15) is 38.8 Å². The van der Waals surface area contributed by atoms with Crippen molar-refractivity contribution < 1.29 is 4.79 Å². The number of piperidine rings is 1. The van der Waals surface area contributed by atoms with E-state index in [1.165, 1.54) is 6.33 Å². The molecule has 0 unspecified atom stereocenters. The molecule has 118 valence electrons. The highest BCUT2D eigenvalue weighted by molar-refractivity contribution is 5.80. The van der Waals surface area contributed by atoms with Crippen molar-refractivity contribution in [2.45, 2.75) is 38.8 Å². The van der Waals surface area contributed by atoms with Gasteiger partial charge in [0.05, 0.1) is 12.4 Å². The number of likely N-dealkylation sites (tertiary alicyclic amines) is 1. The fourth-order valence-electron chi connectivity index (χ4n) is 3.14. The molecule has 0 saturated carbocycles. The van der Waals surface area contributed by atoms with Crippen LogP contribution < -0.4 is 0 Å². The predicted molar refractivity (Wildman–Crippen MR) is 81.0 cm³/mol. The third kappa shape index (κ3) is 2.88. The third-order valence-electron chi connectivity index (χ3n) is 4.26. The Morgan fingerprint density at radius 1 is 1.27 bits per heavy atom. The highest BCUT2D eigenvalue weighted by Crippen LogP contribution is 2.26. The lowest BCUT2D eigenvalue weighted by molar-refractivity contribution is -0.138. The average Bonchev–Trinajstić information content (AvgIpc) is 3.21. The maximum atomic E-state index is 13.0. The SMILES string of the molecule is CC(C)[C@H](C(=O)N1CCC[C@@H](n2ccnc2)C1)n1cncn1. The van der Waals surface area contributed by atoms with E-state index in [0.717, 1.165) is 25.9 Å². The molecular formula is C15H22N6O. The van der Waals surface area contributed by atoms with Gasteiger partial charge in [-0.05, 0) is 18.8 Å². The van der Waals surface area contributed by atoms with Gasteiger partial charge in [-0.25, -0.2) is 14.6 Å². The first kappa shape index (κ1) is 14.7. The van der Waals surface area contributed by atoms with E-state index in [4.69, 9.17) is 0 Å². The number of rotatable bonds is 4. The summed E-state index contributed by atoms with van der Waals surface area (Å²) in [7, 11) is 0. The first-order valence-corrected chi connectivity index (χ1v) is 7.77. The second kappa shape index (κ2) is 6.29. The zero-order valence-corrected chi connectivity index (χ0v) is 13.0. The van der Waals surface area contributed by atoms with Gasteiger partial charge in [0.2, 0.25) is 5.91 Å². The van der Waals surface area contributed by atoms with Gasteiger partial charge >= 0.3 is 0 Å². The number of aromatic nitrogens is 5. The molecule has 2 aromatic rings. The average molecular weight is 302 g/mol. The Morgan fingerprint density at radius 2 is 2.14 bits per heavy atom. The van der Waals surface area contributed by atoms with E-state index in [0.29, 0.717) is 6.04 Å². The standard InChI is InChI=1S/C15H22N6O/c1-12(2)14(21-11-17-9-18-21)15(22)19-6-3-4-13(8-19)20-7-5-16-10-20/h5,7,9-14H,3-4,6,8H2,1-2H3/t13-,14-/m1/s1. The highest BCUT2D eigenvalue weighted by Gasteiger charge is 2.32. The molecule has 0 radical (unpaired) electrons. The van der Waals surface area contributed by atoms with Crippen LogP contribution in [0.25, 0.3) is 0 Å². The van der Waals surface area contributed by atoms with Gasteiger partial charge < -0.3 is 9.47 Å². The number of nitrogens with zero attached hydrogens (tertiary/aromatic N) is 6. The number of carbonyl (C=O) groups excluding carboxylic acids is 1. The normalized spacial score (nSPS) is 20.3. The van der Waals surface area contributed by atoms with Crippen LogP contribution in [-0.2, 0) is 4.79 Å². The van der Waals surface area contributed by atoms with E-state index in [-0.39, 0.29) is 17.9 Å². The molecule has 0 bridgehead atoms. The summed E-state index contributed by atoms with van der Waals surface area (Å²) < 4.78 is 3.77. The first-order chi connectivity index (χ1) is 10.7. The summed E-state index contributed by atoms with van der Waals surface area (Å²) in [5, 5.41) is 4.17. The van der Waals surface area contributed by atoms with Gasteiger partial charge in [0.15, 0.2) is 0 Å². The molecular weight excluding hydrogens is 280 g/mol. The molecule has 3 heterocycles. The van der Waals surface area contributed by atoms with Crippen molar-refractivity contribution in [3.8, 4) is 0 Å². The van der Waals surface area contributed by atoms with Crippen molar-refractivity contribution in [1.29, 1.82) is 0 Å². The van der Waals surface area contributed by atoms with Gasteiger partial charge in [-0.3, -0.25) is 4.79 Å². The maximum Gasteiger partial charge on any atom is 0.247 e. The van der Waals surface area contributed by atoms with Gasteiger partial charge in [-0.1, -0.05) is 13.8 Å². The zero-order valence-electron chi connectivity index (χ0n) is 13.0. The molecule has 0 N–H and O–H groups in total. The highest BCUT2D eigenvalue weighted by atomic mass is 16.2. The van der Waals surface area contributed by atoms with E-state index in [1.807, 2.05) is 31.3 Å². The number of amides is 1. The quantitative estimate of drug-likeness (QED) is 0.859. The molecule has 3 rings (SSSR count). The molecule has 0 spiro atoms. The van der Waals surface area contributed by atoms with Gasteiger partial charge in [-0.2, -0.15) is 5.10 Å². The molecule has 2 aromatic heterocycles. The van der Waals surface area contributed by atoms with Gasteiger partial charge in [0.1, 0.15) is 18.7 Å². The monoisotopic (exact) mass is 302 g/mol. The van der Waals surface area contributed by atoms with Crippen LogP contribution in [0.2, 0.25) is 0 Å². The topological polar surface area (TPSA) is 68.8 Å². The van der Waals surface area contributed by atoms with Crippen LogP contribution in [0.5, 0.6) is 0 Å². The number of carbonyl (C=O) groups is 1. The Labute approximate surface area is 130 Å². The van der Waals surface area contributed by atoms with Crippen molar-refractivity contribution in [3.63, 3.8) is 0 Å². The lowest BCUT2D eigenvalue weighted by Gasteiger charge is -2.36. The minimum atomic E-state index is -0.288. The maximum absolute atomic E-state index is 13.0. The van der Waals surface area contributed by atoms with Gasteiger partial charge in [-0.15, -0.1) is 0 Å². The molecule has 2 atom stereocenters. The van der Waals surface area contributed by atoms with E-state index in [9.17, 15) is 4.79 Å². The lowest BCUT2D eigenvalue weighted by Crippen LogP contribution is -2.45. The van der Waals surface area contributed by atoms with Gasteiger partial charge in [0.25, 0.3) is 0 Å². The third-order valence-corrected chi connectivity index (χ3v) is 4.26. The van der Waals surface area contributed by atoms with E-state index < -0.39 is 0 Å². The summed E-state index contributed by atoms with van der Waals surface area (Å²) in [6.07, 6.45) is 10.8. The largest absolute Gasteiger partial charge is 0.339 e.